The molecular weight excluding hydrogens is 366 g/mol. The number of sulfonamides is 1. The number of furan rings is 1. The lowest BCUT2D eigenvalue weighted by atomic mass is 10.5. The highest BCUT2D eigenvalue weighted by atomic mass is 79.9. The van der Waals surface area contributed by atoms with Crippen molar-refractivity contribution in [3.63, 3.8) is 0 Å². The molecule has 114 valence electrons. The Morgan fingerprint density at radius 1 is 1.45 bits per heavy atom. The van der Waals surface area contributed by atoms with E-state index in [-0.39, 0.29) is 16.1 Å². The molecule has 1 saturated heterocycles. The molecular formula is C11H18BrN3O3S2. The smallest absolute Gasteiger partial charge is 0.245 e. The first-order valence-electron chi connectivity index (χ1n) is 6.31. The van der Waals surface area contributed by atoms with Gasteiger partial charge in [-0.2, -0.15) is 11.8 Å². The normalized spacial score (nSPS) is 17.5. The number of hydrogen-bond acceptors (Lipinski definition) is 6. The molecule has 1 aliphatic rings. The first kappa shape index (κ1) is 16.3. The van der Waals surface area contributed by atoms with Gasteiger partial charge in [0.25, 0.3) is 0 Å². The fraction of sp³-hybridized carbons (Fsp3) is 0.636. The van der Waals surface area contributed by atoms with E-state index in [1.807, 2.05) is 11.8 Å². The van der Waals surface area contributed by atoms with Crippen LogP contribution < -0.4 is 10.5 Å². The minimum atomic E-state index is -3.56. The van der Waals surface area contributed by atoms with Crippen LogP contribution in [0, 0.1) is 0 Å². The molecule has 0 radical (unpaired) electrons. The van der Waals surface area contributed by atoms with E-state index in [0.717, 1.165) is 31.1 Å². The second-order valence-electron chi connectivity index (χ2n) is 4.41. The Bertz CT molecular complexity index is 541. The lowest BCUT2D eigenvalue weighted by molar-refractivity contribution is 0.307. The van der Waals surface area contributed by atoms with Crippen molar-refractivity contribution in [2.24, 2.45) is 5.73 Å². The van der Waals surface area contributed by atoms with Gasteiger partial charge < -0.3 is 15.1 Å². The largest absolute Gasteiger partial charge is 0.452 e. The van der Waals surface area contributed by atoms with Crippen molar-refractivity contribution in [3.05, 3.63) is 16.5 Å². The molecule has 0 unspecified atom stereocenters. The Morgan fingerprint density at radius 2 is 2.15 bits per heavy atom. The molecule has 2 rings (SSSR count). The average molecular weight is 384 g/mol. The standard InChI is InChI=1S/C11H18BrN3O3S2/c12-11-10(7-9(8-13)18-11)20(16,17)14-1-2-15-3-5-19-6-4-15/h7,14H,1-6,8,13H2. The van der Waals surface area contributed by atoms with Crippen LogP contribution in [0.1, 0.15) is 5.76 Å². The second kappa shape index (κ2) is 7.28. The molecule has 2 heterocycles. The summed E-state index contributed by atoms with van der Waals surface area (Å²) in [6, 6.07) is 1.45. The molecule has 1 aromatic rings. The summed E-state index contributed by atoms with van der Waals surface area (Å²) in [5.74, 6) is 2.66. The fourth-order valence-electron chi connectivity index (χ4n) is 1.92. The van der Waals surface area contributed by atoms with Gasteiger partial charge in [0.05, 0.1) is 6.54 Å². The summed E-state index contributed by atoms with van der Waals surface area (Å²) >= 11 is 5.04. The zero-order chi connectivity index (χ0) is 14.6. The molecule has 1 fully saturated rings. The molecule has 0 aromatic carbocycles. The van der Waals surface area contributed by atoms with Gasteiger partial charge >= 0.3 is 0 Å². The lowest BCUT2D eigenvalue weighted by Crippen LogP contribution is -2.39. The van der Waals surface area contributed by atoms with Crippen LogP contribution in [0.2, 0.25) is 0 Å². The Morgan fingerprint density at radius 3 is 2.75 bits per heavy atom. The quantitative estimate of drug-likeness (QED) is 0.755. The Hall–Kier alpha value is -0.0600. The van der Waals surface area contributed by atoms with Gasteiger partial charge in [-0.3, -0.25) is 0 Å². The summed E-state index contributed by atoms with van der Waals surface area (Å²) in [7, 11) is -3.56. The highest BCUT2D eigenvalue weighted by Gasteiger charge is 2.22. The molecule has 0 aliphatic carbocycles. The number of hydrogen-bond donors (Lipinski definition) is 2. The van der Waals surface area contributed by atoms with Crippen LogP contribution in [0.4, 0.5) is 0 Å². The molecule has 0 bridgehead atoms. The third kappa shape index (κ3) is 4.22. The maximum absolute atomic E-state index is 12.2. The summed E-state index contributed by atoms with van der Waals surface area (Å²) in [4.78, 5) is 2.36. The van der Waals surface area contributed by atoms with E-state index in [0.29, 0.717) is 12.3 Å². The SMILES string of the molecule is NCc1cc(S(=O)(=O)NCCN2CCSCC2)c(Br)o1. The van der Waals surface area contributed by atoms with Gasteiger partial charge in [0.15, 0.2) is 4.67 Å². The van der Waals surface area contributed by atoms with Crippen LogP contribution in [0.25, 0.3) is 0 Å². The van der Waals surface area contributed by atoms with E-state index in [1.54, 1.807) is 0 Å². The molecule has 0 saturated carbocycles. The van der Waals surface area contributed by atoms with Crippen molar-refractivity contribution < 1.29 is 12.8 Å². The van der Waals surface area contributed by atoms with Crippen molar-refractivity contribution in [2.75, 3.05) is 37.7 Å². The van der Waals surface area contributed by atoms with Crippen LogP contribution in [0.3, 0.4) is 0 Å². The number of halogens is 1. The maximum Gasteiger partial charge on any atom is 0.245 e. The van der Waals surface area contributed by atoms with E-state index < -0.39 is 10.0 Å². The van der Waals surface area contributed by atoms with E-state index in [2.05, 4.69) is 25.6 Å². The molecule has 3 N–H and O–H groups in total. The number of nitrogens with zero attached hydrogens (tertiary/aromatic N) is 1. The van der Waals surface area contributed by atoms with Crippen LogP contribution in [0.5, 0.6) is 0 Å². The lowest BCUT2D eigenvalue weighted by Gasteiger charge is -2.25. The Labute approximate surface area is 131 Å². The second-order valence-corrected chi connectivity index (χ2v) is 8.09. The number of nitrogens with one attached hydrogen (secondary N) is 1. The Kier molecular flexibility index (Phi) is 5.94. The highest BCUT2D eigenvalue weighted by molar-refractivity contribution is 9.10. The van der Waals surface area contributed by atoms with Crippen LogP contribution in [-0.4, -0.2) is 51.0 Å². The van der Waals surface area contributed by atoms with Gasteiger partial charge in [-0.05, 0) is 15.9 Å². The van der Waals surface area contributed by atoms with E-state index >= 15 is 0 Å². The Balaban J connectivity index is 1.91. The third-order valence-corrected chi connectivity index (χ3v) is 6.28. The minimum absolute atomic E-state index is 0.104. The van der Waals surface area contributed by atoms with Crippen molar-refractivity contribution in [3.8, 4) is 0 Å². The molecule has 0 atom stereocenters. The van der Waals surface area contributed by atoms with Crippen molar-refractivity contribution >= 4 is 37.7 Å². The predicted octanol–water partition coefficient (Wildman–Crippen LogP) is 0.828. The molecule has 1 aliphatic heterocycles. The first-order chi connectivity index (χ1) is 9.53. The fourth-order valence-corrected chi connectivity index (χ4v) is 4.92. The molecule has 1 aromatic heterocycles. The van der Waals surface area contributed by atoms with Gasteiger partial charge in [0.2, 0.25) is 10.0 Å². The van der Waals surface area contributed by atoms with E-state index in [1.165, 1.54) is 6.07 Å². The molecule has 0 spiro atoms. The molecule has 6 nitrogen and oxygen atoms in total. The van der Waals surface area contributed by atoms with E-state index in [4.69, 9.17) is 10.2 Å². The summed E-state index contributed by atoms with van der Waals surface area (Å²) < 4.78 is 32.3. The van der Waals surface area contributed by atoms with Crippen molar-refractivity contribution in [1.82, 2.24) is 9.62 Å². The van der Waals surface area contributed by atoms with Gasteiger partial charge in [-0.1, -0.05) is 0 Å². The third-order valence-electron chi connectivity index (χ3n) is 3.02. The van der Waals surface area contributed by atoms with Crippen molar-refractivity contribution in [2.45, 2.75) is 11.4 Å². The zero-order valence-electron chi connectivity index (χ0n) is 11.0. The van der Waals surface area contributed by atoms with Crippen LogP contribution in [-0.2, 0) is 16.6 Å². The summed E-state index contributed by atoms with van der Waals surface area (Å²) in [5, 5.41) is 0. The minimum Gasteiger partial charge on any atom is -0.452 e. The summed E-state index contributed by atoms with van der Waals surface area (Å²) in [6.07, 6.45) is 0. The molecule has 20 heavy (non-hydrogen) atoms. The average Bonchev–Trinajstić information content (AvgIpc) is 2.82. The monoisotopic (exact) mass is 383 g/mol. The first-order valence-corrected chi connectivity index (χ1v) is 9.74. The van der Waals surface area contributed by atoms with E-state index in [9.17, 15) is 8.42 Å². The van der Waals surface area contributed by atoms with Crippen LogP contribution >= 0.6 is 27.7 Å². The summed E-state index contributed by atoms with van der Waals surface area (Å²) in [6.45, 7) is 3.30. The molecule has 9 heteroatoms. The van der Waals surface area contributed by atoms with Gasteiger partial charge in [0.1, 0.15) is 10.7 Å². The maximum atomic E-state index is 12.2. The van der Waals surface area contributed by atoms with Crippen molar-refractivity contribution in [1.29, 1.82) is 0 Å². The van der Waals surface area contributed by atoms with Crippen LogP contribution in [0.15, 0.2) is 20.0 Å². The number of rotatable bonds is 6. The van der Waals surface area contributed by atoms with Gasteiger partial charge in [0, 0.05) is 43.8 Å². The summed E-state index contributed by atoms with van der Waals surface area (Å²) in [5.41, 5.74) is 5.43. The number of thioether (sulfide) groups is 1. The van der Waals surface area contributed by atoms with Gasteiger partial charge in [-0.25, -0.2) is 13.1 Å². The highest BCUT2D eigenvalue weighted by Crippen LogP contribution is 2.25. The number of nitrogens with two attached hydrogens (primary N) is 1. The molecule has 0 amide bonds. The topological polar surface area (TPSA) is 88.6 Å². The predicted molar refractivity (Wildman–Crippen MR) is 83.3 cm³/mol. The zero-order valence-corrected chi connectivity index (χ0v) is 14.2. The van der Waals surface area contributed by atoms with Gasteiger partial charge in [-0.15, -0.1) is 0 Å².